The fraction of sp³-hybridized carbons (Fsp3) is 0.500. The minimum absolute atomic E-state index is 0.0278. The average Bonchev–Trinajstić information content (AvgIpc) is 3.68. The molecule has 0 radical (unpaired) electrons. The first-order valence-electron chi connectivity index (χ1n) is 20.9. The Labute approximate surface area is 348 Å². The molecule has 3 aromatic rings. The van der Waals surface area contributed by atoms with Crippen LogP contribution < -0.4 is 20.0 Å². The maximum atomic E-state index is 15.5. The third kappa shape index (κ3) is 7.53. The zero-order valence-electron chi connectivity index (χ0n) is 33.3. The van der Waals surface area contributed by atoms with Crippen molar-refractivity contribution in [1.29, 1.82) is 5.26 Å². The summed E-state index contributed by atoms with van der Waals surface area (Å²) in [5.74, 6) is -1.99. The van der Waals surface area contributed by atoms with Gasteiger partial charge in [0, 0.05) is 82.7 Å². The van der Waals surface area contributed by atoms with Crippen molar-refractivity contribution in [2.24, 2.45) is 5.41 Å². The van der Waals surface area contributed by atoms with Gasteiger partial charge in [-0.05, 0) is 106 Å². The summed E-state index contributed by atoms with van der Waals surface area (Å²) in [7, 11) is 0. The number of nitriles is 1. The molecular formula is C44H49ClFN9O4. The minimum atomic E-state index is -1.09. The Hall–Kier alpha value is -5.10. The Morgan fingerprint density at radius 3 is 2.29 bits per heavy atom. The van der Waals surface area contributed by atoms with Crippen LogP contribution in [0.25, 0.3) is 0 Å². The summed E-state index contributed by atoms with van der Waals surface area (Å²) >= 11 is 6.38. The molecule has 7 heterocycles. The first kappa shape index (κ1) is 39.4. The topological polar surface area (TPSA) is 136 Å². The van der Waals surface area contributed by atoms with E-state index in [0.717, 1.165) is 107 Å². The number of carbonyl (C=O) groups is 4. The Morgan fingerprint density at radius 2 is 1.63 bits per heavy atom. The molecule has 1 N–H and O–H groups in total. The van der Waals surface area contributed by atoms with Gasteiger partial charge >= 0.3 is 0 Å². The van der Waals surface area contributed by atoms with Crippen LogP contribution in [0.15, 0.2) is 48.7 Å². The molecule has 2 atom stereocenters. The number of hydrogen-bond acceptors (Lipinski definition) is 11. The number of fused-ring (bicyclic) bond motifs is 1. The molecule has 0 saturated carbocycles. The van der Waals surface area contributed by atoms with E-state index in [4.69, 9.17) is 16.6 Å². The third-order valence-electron chi connectivity index (χ3n) is 13.8. The fourth-order valence-electron chi connectivity index (χ4n) is 10.5. The quantitative estimate of drug-likeness (QED) is 0.329. The Morgan fingerprint density at radius 1 is 0.898 bits per heavy atom. The number of halogens is 2. The number of imide groups is 2. The van der Waals surface area contributed by atoms with Gasteiger partial charge in [-0.3, -0.25) is 39.2 Å². The molecule has 9 rings (SSSR count). The van der Waals surface area contributed by atoms with Gasteiger partial charge in [0.15, 0.2) is 0 Å². The van der Waals surface area contributed by atoms with Crippen LogP contribution in [-0.4, -0.2) is 120 Å². The van der Waals surface area contributed by atoms with E-state index in [1.54, 1.807) is 0 Å². The molecule has 308 valence electrons. The molecular weight excluding hydrogens is 773 g/mol. The highest BCUT2D eigenvalue weighted by Crippen LogP contribution is 2.46. The molecule has 0 aliphatic carbocycles. The summed E-state index contributed by atoms with van der Waals surface area (Å²) in [6.07, 6.45) is 7.60. The van der Waals surface area contributed by atoms with Crippen molar-refractivity contribution in [3.8, 4) is 6.07 Å². The highest BCUT2D eigenvalue weighted by atomic mass is 35.5. The molecule has 2 aromatic carbocycles. The molecule has 0 bridgehead atoms. The first-order chi connectivity index (χ1) is 28.5. The van der Waals surface area contributed by atoms with Gasteiger partial charge in [-0.2, -0.15) is 5.26 Å². The molecule has 1 aromatic heterocycles. The second-order valence-electron chi connectivity index (χ2n) is 17.3. The lowest BCUT2D eigenvalue weighted by molar-refractivity contribution is -0.136. The van der Waals surface area contributed by atoms with Crippen molar-refractivity contribution in [1.82, 2.24) is 25.0 Å². The summed E-state index contributed by atoms with van der Waals surface area (Å²) in [6, 6.07) is 14.7. The molecule has 1 unspecified atom stereocenters. The van der Waals surface area contributed by atoms with Crippen LogP contribution in [0.2, 0.25) is 5.02 Å². The number of aromatic nitrogens is 1. The van der Waals surface area contributed by atoms with Gasteiger partial charge in [0.1, 0.15) is 23.7 Å². The van der Waals surface area contributed by atoms with E-state index in [1.165, 1.54) is 11.6 Å². The number of pyridine rings is 1. The Bertz CT molecular complexity index is 2210. The Balaban J connectivity index is 0.730. The number of rotatable bonds is 7. The standard InChI is InChI=1S/C44H49ClFN9O4/c1-28-23-44(27-54(28)32-4-3-30(24-47)35(45)20-32)10-14-53(15-11-44)39-6-2-29(25-48-39)26-50-12-8-31(9-13-50)51-16-18-52(19-17-51)38-22-34-33(21-36(38)46)42(58)55(43(34)59)37-5-7-40(56)49-41(37)57/h2-4,6,20-22,25,28,31,37H,5,7-19,23,26-27H2,1H3,(H,49,56,57)/t28-,37?/m0/s1. The molecule has 6 aliphatic rings. The zero-order valence-corrected chi connectivity index (χ0v) is 34.1. The number of hydrogen-bond donors (Lipinski definition) is 1. The highest BCUT2D eigenvalue weighted by molar-refractivity contribution is 6.32. The number of amides is 4. The molecule has 5 saturated heterocycles. The van der Waals surface area contributed by atoms with Gasteiger partial charge in [-0.1, -0.05) is 17.7 Å². The van der Waals surface area contributed by atoms with Gasteiger partial charge < -0.3 is 14.7 Å². The number of piperidine rings is 3. The van der Waals surface area contributed by atoms with Crippen LogP contribution >= 0.6 is 11.6 Å². The van der Waals surface area contributed by atoms with Crippen LogP contribution in [0, 0.1) is 22.6 Å². The summed E-state index contributed by atoms with van der Waals surface area (Å²) in [5.41, 5.74) is 3.42. The van der Waals surface area contributed by atoms with Crippen molar-refractivity contribution in [3.63, 3.8) is 0 Å². The fourth-order valence-corrected chi connectivity index (χ4v) is 10.7. The van der Waals surface area contributed by atoms with Gasteiger partial charge in [0.2, 0.25) is 11.8 Å². The third-order valence-corrected chi connectivity index (χ3v) is 14.1. The minimum Gasteiger partial charge on any atom is -0.368 e. The van der Waals surface area contributed by atoms with Crippen LogP contribution in [0.5, 0.6) is 0 Å². The number of nitrogens with one attached hydrogen (secondary N) is 1. The maximum absolute atomic E-state index is 15.5. The van der Waals surface area contributed by atoms with Crippen molar-refractivity contribution in [3.05, 3.63) is 81.8 Å². The molecule has 15 heteroatoms. The van der Waals surface area contributed by atoms with Gasteiger partial charge in [0.05, 0.1) is 27.4 Å². The number of nitrogens with zero attached hydrogens (tertiary/aromatic N) is 8. The van der Waals surface area contributed by atoms with E-state index in [9.17, 15) is 24.4 Å². The number of anilines is 3. The maximum Gasteiger partial charge on any atom is 0.262 e. The van der Waals surface area contributed by atoms with E-state index in [1.807, 2.05) is 29.3 Å². The lowest BCUT2D eigenvalue weighted by atomic mass is 9.77. The predicted molar refractivity (Wildman–Crippen MR) is 221 cm³/mol. The monoisotopic (exact) mass is 821 g/mol. The van der Waals surface area contributed by atoms with Crippen molar-refractivity contribution in [2.45, 2.75) is 76.5 Å². The highest BCUT2D eigenvalue weighted by Gasteiger charge is 2.46. The summed E-state index contributed by atoms with van der Waals surface area (Å²) in [4.78, 5) is 68.1. The molecule has 4 amide bonds. The molecule has 1 spiro atoms. The predicted octanol–water partition coefficient (Wildman–Crippen LogP) is 4.82. The van der Waals surface area contributed by atoms with Gasteiger partial charge in [0.25, 0.3) is 11.8 Å². The van der Waals surface area contributed by atoms with Crippen molar-refractivity contribution < 1.29 is 23.6 Å². The first-order valence-corrected chi connectivity index (χ1v) is 21.3. The van der Waals surface area contributed by atoms with Crippen LogP contribution in [0.3, 0.4) is 0 Å². The number of likely N-dealkylation sites (tertiary alicyclic amines) is 1. The summed E-state index contributed by atoms with van der Waals surface area (Å²) in [6.45, 7) is 10.8. The summed E-state index contributed by atoms with van der Waals surface area (Å²) < 4.78 is 15.5. The summed E-state index contributed by atoms with van der Waals surface area (Å²) in [5, 5.41) is 12.0. The van der Waals surface area contributed by atoms with Crippen LogP contribution in [0.4, 0.5) is 21.6 Å². The van der Waals surface area contributed by atoms with E-state index < -0.39 is 35.5 Å². The molecule has 13 nitrogen and oxygen atoms in total. The van der Waals surface area contributed by atoms with E-state index in [-0.39, 0.29) is 35.1 Å². The van der Waals surface area contributed by atoms with Crippen molar-refractivity contribution in [2.75, 3.05) is 73.6 Å². The average molecular weight is 822 g/mol. The van der Waals surface area contributed by atoms with Gasteiger partial charge in [-0.15, -0.1) is 0 Å². The normalized spacial score (nSPS) is 24.2. The second-order valence-corrected chi connectivity index (χ2v) is 17.7. The van der Waals surface area contributed by atoms with E-state index in [0.29, 0.717) is 35.8 Å². The molecule has 5 fully saturated rings. The number of carbonyl (C=O) groups excluding carboxylic acids is 4. The van der Waals surface area contributed by atoms with Crippen LogP contribution in [-0.2, 0) is 16.1 Å². The van der Waals surface area contributed by atoms with E-state index in [2.05, 4.69) is 50.0 Å². The number of benzene rings is 2. The van der Waals surface area contributed by atoms with Crippen LogP contribution in [0.1, 0.15) is 83.7 Å². The lowest BCUT2D eigenvalue weighted by Crippen LogP contribution is -2.54. The zero-order chi connectivity index (χ0) is 41.0. The smallest absolute Gasteiger partial charge is 0.262 e. The lowest BCUT2D eigenvalue weighted by Gasteiger charge is -2.43. The molecule has 59 heavy (non-hydrogen) atoms. The molecule has 6 aliphatic heterocycles. The second kappa shape index (κ2) is 15.8. The SMILES string of the molecule is C[C@H]1CC2(CCN(c3ccc(CN4CCC(N5CCN(c6cc7c(cc6F)C(=O)N(C6CCC(=O)NC6=O)C7=O)CC5)CC4)cn3)CC2)CN1c1ccc(C#N)c(Cl)c1. The largest absolute Gasteiger partial charge is 0.368 e. The number of piperazine rings is 1. The van der Waals surface area contributed by atoms with Gasteiger partial charge in [-0.25, -0.2) is 9.37 Å². The van der Waals surface area contributed by atoms with E-state index >= 15 is 4.39 Å². The van der Waals surface area contributed by atoms with Crippen molar-refractivity contribution >= 4 is 52.4 Å². The Kier molecular flexibility index (Phi) is 10.6.